The molecule has 28 heavy (non-hydrogen) atoms. The van der Waals surface area contributed by atoms with Gasteiger partial charge in [0, 0.05) is 37.3 Å². The van der Waals surface area contributed by atoms with Gasteiger partial charge in [0.2, 0.25) is 5.91 Å². The van der Waals surface area contributed by atoms with Crippen LogP contribution in [-0.4, -0.2) is 41.4 Å². The molecule has 1 fully saturated rings. The zero-order chi connectivity index (χ0) is 20.1. The van der Waals surface area contributed by atoms with Crippen LogP contribution in [0.15, 0.2) is 42.7 Å². The van der Waals surface area contributed by atoms with Crippen LogP contribution in [0.4, 0.5) is 4.39 Å². The zero-order valence-corrected chi connectivity index (χ0v) is 15.9. The average Bonchev–Trinajstić information content (AvgIpc) is 2.67. The number of halogens is 1. The number of carbonyl (C=O) groups is 2. The number of amides is 2. The van der Waals surface area contributed by atoms with Crippen LogP contribution in [0, 0.1) is 18.2 Å². The first-order valence-electron chi connectivity index (χ1n) is 9.24. The van der Waals surface area contributed by atoms with Crippen LogP contribution in [0.2, 0.25) is 0 Å². The van der Waals surface area contributed by atoms with Crippen LogP contribution in [-0.2, 0) is 4.79 Å². The number of aromatic nitrogens is 1. The number of likely N-dealkylation sites (tertiary alicyclic amines) is 1. The minimum Gasteiger partial charge on any atom is -0.493 e. The molecule has 1 saturated heterocycles. The third kappa shape index (κ3) is 4.85. The lowest BCUT2D eigenvalue weighted by Gasteiger charge is -2.42. The monoisotopic (exact) mass is 385 g/mol. The van der Waals surface area contributed by atoms with Crippen molar-refractivity contribution in [1.29, 1.82) is 0 Å². The Morgan fingerprint density at radius 3 is 2.71 bits per heavy atom. The molecule has 1 unspecified atom stereocenters. The summed E-state index contributed by atoms with van der Waals surface area (Å²) >= 11 is 0. The highest BCUT2D eigenvalue weighted by atomic mass is 19.1. The van der Waals surface area contributed by atoms with E-state index in [-0.39, 0.29) is 24.8 Å². The minimum atomic E-state index is -0.578. The first kappa shape index (κ1) is 19.8. The molecule has 148 valence electrons. The predicted octanol–water partition coefficient (Wildman–Crippen LogP) is 2.71. The van der Waals surface area contributed by atoms with Crippen LogP contribution >= 0.6 is 0 Å². The number of nitrogens with two attached hydrogens (primary N) is 1. The number of aryl methyl sites for hydroxylation is 1. The Morgan fingerprint density at radius 1 is 1.29 bits per heavy atom. The second-order valence-corrected chi connectivity index (χ2v) is 7.47. The largest absolute Gasteiger partial charge is 0.493 e. The number of carbonyl (C=O) groups excluding carboxylic acids is 2. The van der Waals surface area contributed by atoms with Gasteiger partial charge in [-0.1, -0.05) is 0 Å². The van der Waals surface area contributed by atoms with Crippen molar-refractivity contribution in [3.05, 3.63) is 59.7 Å². The molecule has 7 heteroatoms. The SMILES string of the molecule is Cc1cncc(C(=O)N2CCCC(COc3ccc(F)cc3)(CC(N)=O)C2)c1. The summed E-state index contributed by atoms with van der Waals surface area (Å²) in [7, 11) is 0. The highest BCUT2D eigenvalue weighted by Gasteiger charge is 2.39. The molecule has 2 heterocycles. The molecular weight excluding hydrogens is 361 g/mol. The summed E-state index contributed by atoms with van der Waals surface area (Å²) < 4.78 is 18.9. The lowest BCUT2D eigenvalue weighted by Crippen LogP contribution is -2.50. The fourth-order valence-corrected chi connectivity index (χ4v) is 3.69. The van der Waals surface area contributed by atoms with Crippen molar-refractivity contribution in [2.75, 3.05) is 19.7 Å². The number of pyridine rings is 1. The van der Waals surface area contributed by atoms with Gasteiger partial charge in [0.15, 0.2) is 0 Å². The molecule has 2 aromatic rings. The van der Waals surface area contributed by atoms with Crippen molar-refractivity contribution in [3.63, 3.8) is 0 Å². The van der Waals surface area contributed by atoms with E-state index in [1.54, 1.807) is 23.4 Å². The summed E-state index contributed by atoms with van der Waals surface area (Å²) in [5.41, 5.74) is 6.35. The molecule has 2 amide bonds. The highest BCUT2D eigenvalue weighted by Crippen LogP contribution is 2.35. The minimum absolute atomic E-state index is 0.115. The second-order valence-electron chi connectivity index (χ2n) is 7.47. The Balaban J connectivity index is 1.76. The van der Waals surface area contributed by atoms with Gasteiger partial charge in [0.1, 0.15) is 11.6 Å². The van der Waals surface area contributed by atoms with Crippen molar-refractivity contribution in [2.24, 2.45) is 11.1 Å². The van der Waals surface area contributed by atoms with E-state index in [0.717, 1.165) is 12.0 Å². The third-order valence-corrected chi connectivity index (χ3v) is 4.98. The molecule has 0 spiro atoms. The summed E-state index contributed by atoms with van der Waals surface area (Å²) in [6.45, 7) is 3.07. The summed E-state index contributed by atoms with van der Waals surface area (Å²) in [5, 5.41) is 0. The molecule has 0 saturated carbocycles. The van der Waals surface area contributed by atoms with Gasteiger partial charge in [0.25, 0.3) is 5.91 Å². The lowest BCUT2D eigenvalue weighted by atomic mass is 9.77. The van der Waals surface area contributed by atoms with Gasteiger partial charge < -0.3 is 15.4 Å². The number of hydrogen-bond donors (Lipinski definition) is 1. The maximum atomic E-state index is 13.1. The fourth-order valence-electron chi connectivity index (χ4n) is 3.69. The Bertz CT molecular complexity index is 856. The van der Waals surface area contributed by atoms with Gasteiger partial charge in [-0.25, -0.2) is 4.39 Å². The predicted molar refractivity (Wildman–Crippen MR) is 102 cm³/mol. The molecule has 1 aromatic heterocycles. The van der Waals surface area contributed by atoms with Crippen molar-refractivity contribution in [1.82, 2.24) is 9.88 Å². The van der Waals surface area contributed by atoms with E-state index in [2.05, 4.69) is 4.98 Å². The van der Waals surface area contributed by atoms with E-state index in [1.807, 2.05) is 6.92 Å². The fraction of sp³-hybridized carbons (Fsp3) is 0.381. The first-order valence-corrected chi connectivity index (χ1v) is 9.24. The molecule has 1 aliphatic heterocycles. The highest BCUT2D eigenvalue weighted by molar-refractivity contribution is 5.94. The van der Waals surface area contributed by atoms with Crippen LogP contribution < -0.4 is 10.5 Å². The second kappa shape index (κ2) is 8.37. The van der Waals surface area contributed by atoms with Crippen LogP contribution in [0.5, 0.6) is 5.75 Å². The third-order valence-electron chi connectivity index (χ3n) is 4.98. The average molecular weight is 385 g/mol. The van der Waals surface area contributed by atoms with E-state index in [9.17, 15) is 14.0 Å². The van der Waals surface area contributed by atoms with Gasteiger partial charge in [-0.05, 0) is 55.7 Å². The molecular formula is C21H24FN3O3. The molecule has 3 rings (SSSR count). The van der Waals surface area contributed by atoms with E-state index in [1.165, 1.54) is 24.3 Å². The van der Waals surface area contributed by atoms with Gasteiger partial charge in [0.05, 0.1) is 12.2 Å². The summed E-state index contributed by atoms with van der Waals surface area (Å²) in [6, 6.07) is 7.51. The van der Waals surface area contributed by atoms with Crippen molar-refractivity contribution in [2.45, 2.75) is 26.2 Å². The molecule has 6 nitrogen and oxygen atoms in total. The number of piperidine rings is 1. The number of benzene rings is 1. The summed E-state index contributed by atoms with van der Waals surface area (Å²) in [4.78, 5) is 30.5. The first-order chi connectivity index (χ1) is 13.4. The van der Waals surface area contributed by atoms with Crippen molar-refractivity contribution >= 4 is 11.8 Å². The van der Waals surface area contributed by atoms with Crippen LogP contribution in [0.1, 0.15) is 35.2 Å². The molecule has 1 aromatic carbocycles. The molecule has 2 N–H and O–H groups in total. The topological polar surface area (TPSA) is 85.5 Å². The maximum Gasteiger partial charge on any atom is 0.255 e. The molecule has 1 aliphatic rings. The number of rotatable bonds is 6. The summed E-state index contributed by atoms with van der Waals surface area (Å²) in [6.07, 6.45) is 4.82. The van der Waals surface area contributed by atoms with Crippen LogP contribution in [0.25, 0.3) is 0 Å². The van der Waals surface area contributed by atoms with Gasteiger partial charge in [-0.15, -0.1) is 0 Å². The Labute approximate surface area is 163 Å². The number of nitrogens with zero attached hydrogens (tertiary/aromatic N) is 2. The molecule has 0 bridgehead atoms. The molecule has 1 atom stereocenters. The lowest BCUT2D eigenvalue weighted by molar-refractivity contribution is -0.122. The van der Waals surface area contributed by atoms with Gasteiger partial charge >= 0.3 is 0 Å². The Kier molecular flexibility index (Phi) is 5.92. The maximum absolute atomic E-state index is 13.1. The van der Waals surface area contributed by atoms with Gasteiger partial charge in [-0.3, -0.25) is 14.6 Å². The molecule has 0 radical (unpaired) electrons. The quantitative estimate of drug-likeness (QED) is 0.828. The van der Waals surface area contributed by atoms with Gasteiger partial charge in [-0.2, -0.15) is 0 Å². The van der Waals surface area contributed by atoms with Crippen molar-refractivity contribution in [3.8, 4) is 5.75 Å². The number of ether oxygens (including phenoxy) is 1. The van der Waals surface area contributed by atoms with E-state index < -0.39 is 11.3 Å². The summed E-state index contributed by atoms with van der Waals surface area (Å²) in [5.74, 6) is -0.391. The smallest absolute Gasteiger partial charge is 0.255 e. The standard InChI is InChI=1S/C21H24FN3O3/c1-15-9-16(12-24-11-15)20(27)25-8-2-7-21(13-25,10-19(23)26)14-28-18-5-3-17(22)4-6-18/h3-6,9,11-12H,2,7-8,10,13-14H2,1H3,(H2,23,26). The zero-order valence-electron chi connectivity index (χ0n) is 15.9. The van der Waals surface area contributed by atoms with Crippen molar-refractivity contribution < 1.29 is 18.7 Å². The van der Waals surface area contributed by atoms with E-state index >= 15 is 0 Å². The number of hydrogen-bond acceptors (Lipinski definition) is 4. The Morgan fingerprint density at radius 2 is 2.04 bits per heavy atom. The Hall–Kier alpha value is -2.96. The van der Waals surface area contributed by atoms with Crippen LogP contribution in [0.3, 0.4) is 0 Å². The molecule has 0 aliphatic carbocycles. The van der Waals surface area contributed by atoms with E-state index in [0.29, 0.717) is 30.8 Å². The normalized spacial score (nSPS) is 19.3. The number of primary amides is 1. The van der Waals surface area contributed by atoms with E-state index in [4.69, 9.17) is 10.5 Å².